The Morgan fingerprint density at radius 3 is 2.24 bits per heavy atom. The fraction of sp³-hybridized carbons (Fsp3) is 0.250. The molecular formula is C16H15Cl2NO6. The number of ketones is 1. The fourth-order valence-electron chi connectivity index (χ4n) is 2.54. The number of methoxy groups -OCH3 is 1. The van der Waals surface area contributed by atoms with E-state index in [0.717, 1.165) is 7.11 Å². The van der Waals surface area contributed by atoms with Gasteiger partial charge in [0.1, 0.15) is 10.8 Å². The minimum absolute atomic E-state index is 0.0207. The van der Waals surface area contributed by atoms with Gasteiger partial charge in [-0.1, -0.05) is 35.3 Å². The van der Waals surface area contributed by atoms with Gasteiger partial charge < -0.3 is 25.0 Å². The van der Waals surface area contributed by atoms with E-state index < -0.39 is 25.0 Å². The molecule has 0 saturated heterocycles. The Hall–Kier alpha value is -1.90. The molecule has 1 heterocycles. The molecule has 0 radical (unpaired) electrons. The maximum atomic E-state index is 12.0. The third-order valence-corrected chi connectivity index (χ3v) is 4.44. The van der Waals surface area contributed by atoms with Crippen molar-refractivity contribution in [1.82, 2.24) is 4.98 Å². The lowest BCUT2D eigenvalue weighted by molar-refractivity contribution is -0.135. The zero-order valence-electron chi connectivity index (χ0n) is 13.1. The van der Waals surface area contributed by atoms with Crippen LogP contribution in [-0.2, 0) is 29.4 Å². The van der Waals surface area contributed by atoms with Gasteiger partial charge in [-0.25, -0.2) is 4.79 Å². The maximum absolute atomic E-state index is 12.0. The third kappa shape index (κ3) is 3.42. The number of aliphatic hydroxyl groups excluding tert-OH is 3. The Balaban J connectivity index is 2.70. The summed E-state index contributed by atoms with van der Waals surface area (Å²) in [6.45, 7) is -1.21. The number of carbonyl (C=O) groups is 2. The first-order valence-corrected chi connectivity index (χ1v) is 7.82. The molecule has 0 saturated carbocycles. The maximum Gasteiger partial charge on any atom is 0.381 e. The summed E-state index contributed by atoms with van der Waals surface area (Å²) in [6.07, 6.45) is 0. The molecule has 0 spiro atoms. The van der Waals surface area contributed by atoms with E-state index >= 15 is 0 Å². The minimum Gasteiger partial charge on any atom is -0.463 e. The summed E-state index contributed by atoms with van der Waals surface area (Å²) in [4.78, 5) is 26.0. The van der Waals surface area contributed by atoms with Crippen LogP contribution in [0.2, 0.25) is 10.2 Å². The summed E-state index contributed by atoms with van der Waals surface area (Å²) in [5.41, 5.74) is 1.38. The molecule has 0 aliphatic heterocycles. The van der Waals surface area contributed by atoms with Crippen molar-refractivity contribution in [1.29, 1.82) is 0 Å². The summed E-state index contributed by atoms with van der Waals surface area (Å²) in [5.74, 6) is -2.11. The van der Waals surface area contributed by atoms with Crippen LogP contribution in [0.3, 0.4) is 0 Å². The summed E-state index contributed by atoms with van der Waals surface area (Å²) in [7, 11) is 1.06. The standard InChI is InChI=1S/C16H15Cl2NO6/c1-25-16(24)14(23)13-12(17)11(15(18)19-13)8-3-2-7(4-20)9(5-21)10(8)6-22/h2-3,19-22H,4-6H2,1H3. The van der Waals surface area contributed by atoms with Crippen molar-refractivity contribution in [2.75, 3.05) is 7.11 Å². The van der Waals surface area contributed by atoms with Gasteiger partial charge in [-0.15, -0.1) is 0 Å². The summed E-state index contributed by atoms with van der Waals surface area (Å²) in [6, 6.07) is 3.09. The van der Waals surface area contributed by atoms with E-state index in [1.807, 2.05) is 0 Å². The molecule has 2 aromatic rings. The van der Waals surface area contributed by atoms with Crippen LogP contribution in [0.5, 0.6) is 0 Å². The quantitative estimate of drug-likeness (QED) is 0.341. The number of hydrogen-bond donors (Lipinski definition) is 4. The number of aliphatic hydroxyl groups is 3. The average Bonchev–Trinajstić information content (AvgIpc) is 2.92. The van der Waals surface area contributed by atoms with Crippen molar-refractivity contribution in [3.8, 4) is 11.1 Å². The molecule has 4 N–H and O–H groups in total. The number of H-pyrrole nitrogens is 1. The Kier molecular flexibility index (Phi) is 6.21. The average molecular weight is 388 g/mol. The monoisotopic (exact) mass is 387 g/mol. The number of rotatable bonds is 6. The molecule has 0 unspecified atom stereocenters. The lowest BCUT2D eigenvalue weighted by atomic mass is 9.93. The predicted octanol–water partition coefficient (Wildman–Crippen LogP) is 1.82. The smallest absolute Gasteiger partial charge is 0.381 e. The lowest BCUT2D eigenvalue weighted by Crippen LogP contribution is -2.16. The van der Waals surface area contributed by atoms with Crippen molar-refractivity contribution in [3.63, 3.8) is 0 Å². The van der Waals surface area contributed by atoms with E-state index in [4.69, 9.17) is 23.2 Å². The van der Waals surface area contributed by atoms with Gasteiger partial charge in [-0.05, 0) is 22.3 Å². The molecule has 9 heteroatoms. The van der Waals surface area contributed by atoms with Crippen LogP contribution in [0.25, 0.3) is 11.1 Å². The first-order chi connectivity index (χ1) is 11.9. The predicted molar refractivity (Wildman–Crippen MR) is 90.4 cm³/mol. The highest BCUT2D eigenvalue weighted by Crippen LogP contribution is 2.40. The van der Waals surface area contributed by atoms with Crippen LogP contribution in [-0.4, -0.2) is 39.2 Å². The Labute approximate surface area is 152 Å². The van der Waals surface area contributed by atoms with E-state index in [1.54, 1.807) is 12.1 Å². The van der Waals surface area contributed by atoms with Crippen molar-refractivity contribution in [3.05, 3.63) is 44.7 Å². The zero-order valence-corrected chi connectivity index (χ0v) is 14.6. The van der Waals surface area contributed by atoms with Crippen LogP contribution >= 0.6 is 23.2 Å². The Morgan fingerprint density at radius 1 is 1.08 bits per heavy atom. The van der Waals surface area contributed by atoms with E-state index in [1.165, 1.54) is 0 Å². The number of ether oxygens (including phenoxy) is 1. The SMILES string of the molecule is COC(=O)C(=O)c1[nH]c(Cl)c(-c2ccc(CO)c(CO)c2CO)c1Cl. The Bertz CT molecular complexity index is 831. The number of hydrogen-bond acceptors (Lipinski definition) is 6. The van der Waals surface area contributed by atoms with Crippen LogP contribution in [0.15, 0.2) is 12.1 Å². The lowest BCUT2D eigenvalue weighted by Gasteiger charge is -2.15. The minimum atomic E-state index is -1.11. The molecule has 0 bridgehead atoms. The molecule has 0 aliphatic rings. The topological polar surface area (TPSA) is 120 Å². The highest BCUT2D eigenvalue weighted by atomic mass is 35.5. The molecule has 0 amide bonds. The second-order valence-corrected chi connectivity index (χ2v) is 5.78. The van der Waals surface area contributed by atoms with Gasteiger partial charge in [0.15, 0.2) is 0 Å². The van der Waals surface area contributed by atoms with Gasteiger partial charge in [-0.2, -0.15) is 0 Å². The Morgan fingerprint density at radius 2 is 1.72 bits per heavy atom. The third-order valence-electron chi connectivity index (χ3n) is 3.78. The second-order valence-electron chi connectivity index (χ2n) is 5.03. The number of benzene rings is 1. The fourth-order valence-corrected chi connectivity index (χ4v) is 3.21. The van der Waals surface area contributed by atoms with Crippen molar-refractivity contribution < 1.29 is 29.6 Å². The van der Waals surface area contributed by atoms with Crippen LogP contribution < -0.4 is 0 Å². The van der Waals surface area contributed by atoms with E-state index in [-0.39, 0.29) is 28.0 Å². The number of halogens is 2. The number of esters is 1. The van der Waals surface area contributed by atoms with Crippen LogP contribution in [0, 0.1) is 0 Å². The van der Waals surface area contributed by atoms with Crippen molar-refractivity contribution in [2.45, 2.75) is 19.8 Å². The highest BCUT2D eigenvalue weighted by molar-refractivity contribution is 6.48. The van der Waals surface area contributed by atoms with Gasteiger partial charge >= 0.3 is 5.97 Å². The number of carbonyl (C=O) groups excluding carboxylic acids is 2. The van der Waals surface area contributed by atoms with Gasteiger partial charge in [-0.3, -0.25) is 4.79 Å². The van der Waals surface area contributed by atoms with Crippen LogP contribution in [0.1, 0.15) is 27.2 Å². The molecule has 0 aliphatic carbocycles. The molecule has 1 aromatic heterocycles. The molecule has 25 heavy (non-hydrogen) atoms. The molecule has 134 valence electrons. The van der Waals surface area contributed by atoms with Crippen molar-refractivity contribution in [2.24, 2.45) is 0 Å². The van der Waals surface area contributed by atoms with Gasteiger partial charge in [0.25, 0.3) is 5.78 Å². The first-order valence-electron chi connectivity index (χ1n) is 7.07. The number of Topliss-reactive ketones (excluding diaryl/α,β-unsaturated/α-hetero) is 1. The van der Waals surface area contributed by atoms with Gasteiger partial charge in [0.05, 0.1) is 32.0 Å². The van der Waals surface area contributed by atoms with Crippen LogP contribution in [0.4, 0.5) is 0 Å². The highest BCUT2D eigenvalue weighted by Gasteiger charge is 2.28. The van der Waals surface area contributed by atoms with E-state index in [2.05, 4.69) is 9.72 Å². The van der Waals surface area contributed by atoms with Crippen molar-refractivity contribution >= 4 is 35.0 Å². The molecule has 1 aromatic carbocycles. The summed E-state index contributed by atoms with van der Waals surface area (Å²) in [5, 5.41) is 28.5. The van der Waals surface area contributed by atoms with Gasteiger partial charge in [0, 0.05) is 5.56 Å². The zero-order chi connectivity index (χ0) is 18.7. The number of aromatic nitrogens is 1. The number of nitrogens with one attached hydrogen (secondary N) is 1. The van der Waals surface area contributed by atoms with Gasteiger partial charge in [0.2, 0.25) is 0 Å². The largest absolute Gasteiger partial charge is 0.463 e. The normalized spacial score (nSPS) is 10.8. The van der Waals surface area contributed by atoms with E-state index in [0.29, 0.717) is 22.3 Å². The first kappa shape index (κ1) is 19.4. The molecule has 7 nitrogen and oxygen atoms in total. The number of aromatic amines is 1. The summed E-state index contributed by atoms with van der Waals surface area (Å²) < 4.78 is 4.38. The van der Waals surface area contributed by atoms with E-state index in [9.17, 15) is 24.9 Å². The second kappa shape index (κ2) is 7.99. The summed E-state index contributed by atoms with van der Waals surface area (Å²) >= 11 is 12.4. The molecule has 0 fully saturated rings. The molecule has 0 atom stereocenters. The molecule has 2 rings (SSSR count). The molecular weight excluding hydrogens is 373 g/mol.